The Morgan fingerprint density at radius 3 is 2.88 bits per heavy atom. The Bertz CT molecular complexity index is 133. The number of hydrogen-bond donors (Lipinski definition) is 0. The van der Waals surface area contributed by atoms with Crippen molar-refractivity contribution in [1.29, 1.82) is 0 Å². The first kappa shape index (κ1) is 5.54. The average molecular weight is 109 g/mol. The van der Waals surface area contributed by atoms with Crippen LogP contribution in [-0.4, -0.2) is 12.8 Å². The molecule has 0 bridgehead atoms. The summed E-state index contributed by atoms with van der Waals surface area (Å²) in [6.07, 6.45) is 4.17. The monoisotopic (exact) mass is 109 g/mol. The van der Waals surface area contributed by atoms with Crippen LogP contribution in [0, 0.1) is 5.92 Å². The second-order valence-electron chi connectivity index (χ2n) is 2.38. The minimum Gasteiger partial charge on any atom is -0.292 e. The highest BCUT2D eigenvalue weighted by Crippen LogP contribution is 2.05. The molecule has 44 valence electrons. The molecule has 0 aromatic heterocycles. The summed E-state index contributed by atoms with van der Waals surface area (Å²) in [5.74, 6) is 0.653. The molecule has 0 spiro atoms. The third-order valence-electron chi connectivity index (χ3n) is 1.24. The van der Waals surface area contributed by atoms with Gasteiger partial charge in [-0.3, -0.25) is 4.99 Å². The van der Waals surface area contributed by atoms with E-state index in [9.17, 15) is 0 Å². The number of dihydropyridines is 1. The molecule has 1 heterocycles. The first-order chi connectivity index (χ1) is 3.79. The van der Waals surface area contributed by atoms with Gasteiger partial charge in [0.2, 0.25) is 0 Å². The van der Waals surface area contributed by atoms with Gasteiger partial charge in [0, 0.05) is 12.8 Å². The normalized spacial score (nSPS) is 27.8. The van der Waals surface area contributed by atoms with Gasteiger partial charge < -0.3 is 0 Å². The molecule has 1 rings (SSSR count). The van der Waals surface area contributed by atoms with Crippen LogP contribution < -0.4 is 0 Å². The molecule has 1 heteroatoms. The van der Waals surface area contributed by atoms with E-state index in [0.717, 1.165) is 6.54 Å². The first-order valence-corrected chi connectivity index (χ1v) is 2.97. The van der Waals surface area contributed by atoms with Gasteiger partial charge in [-0.15, -0.1) is 0 Å². The molecule has 1 aliphatic heterocycles. The van der Waals surface area contributed by atoms with E-state index in [1.165, 1.54) is 5.57 Å². The summed E-state index contributed by atoms with van der Waals surface area (Å²) in [6.45, 7) is 5.23. The van der Waals surface area contributed by atoms with Crippen molar-refractivity contribution in [3.63, 3.8) is 0 Å². The fraction of sp³-hybridized carbons (Fsp3) is 0.571. The van der Waals surface area contributed by atoms with Crippen molar-refractivity contribution in [2.75, 3.05) is 6.54 Å². The molecular formula is C7H11N. The van der Waals surface area contributed by atoms with Gasteiger partial charge in [0.1, 0.15) is 0 Å². The van der Waals surface area contributed by atoms with Crippen LogP contribution in [0.2, 0.25) is 0 Å². The predicted octanol–water partition coefficient (Wildman–Crippen LogP) is 1.65. The molecule has 0 N–H and O–H groups in total. The maximum Gasteiger partial charge on any atom is 0.0449 e. The molecule has 0 aromatic carbocycles. The van der Waals surface area contributed by atoms with Crippen LogP contribution in [-0.2, 0) is 0 Å². The van der Waals surface area contributed by atoms with Crippen molar-refractivity contribution < 1.29 is 0 Å². The molecule has 0 aromatic rings. The number of allylic oxidation sites excluding steroid dienone is 1. The Labute approximate surface area is 50.1 Å². The van der Waals surface area contributed by atoms with Gasteiger partial charge in [-0.2, -0.15) is 0 Å². The van der Waals surface area contributed by atoms with E-state index in [1.807, 2.05) is 6.21 Å². The van der Waals surface area contributed by atoms with Crippen LogP contribution in [0.25, 0.3) is 0 Å². The highest BCUT2D eigenvalue weighted by Gasteiger charge is 1.99. The molecule has 1 unspecified atom stereocenters. The fourth-order valence-corrected chi connectivity index (χ4v) is 0.907. The second kappa shape index (κ2) is 2.12. The summed E-state index contributed by atoms with van der Waals surface area (Å²) in [7, 11) is 0. The number of aliphatic imine (C=N–C) groups is 1. The van der Waals surface area contributed by atoms with Crippen molar-refractivity contribution in [2.45, 2.75) is 13.8 Å². The predicted molar refractivity (Wildman–Crippen MR) is 36.3 cm³/mol. The Morgan fingerprint density at radius 1 is 1.75 bits per heavy atom. The lowest BCUT2D eigenvalue weighted by atomic mass is 10.1. The van der Waals surface area contributed by atoms with Gasteiger partial charge in [0.15, 0.2) is 0 Å². The lowest BCUT2D eigenvalue weighted by molar-refractivity contribution is 0.731. The van der Waals surface area contributed by atoms with Gasteiger partial charge in [-0.25, -0.2) is 0 Å². The summed E-state index contributed by atoms with van der Waals surface area (Å²) in [6, 6.07) is 0. The largest absolute Gasteiger partial charge is 0.292 e. The van der Waals surface area contributed by atoms with E-state index in [1.54, 1.807) is 0 Å². The van der Waals surface area contributed by atoms with Crippen molar-refractivity contribution in [1.82, 2.24) is 0 Å². The zero-order chi connectivity index (χ0) is 5.98. The number of hydrogen-bond acceptors (Lipinski definition) is 1. The molecule has 0 amide bonds. The van der Waals surface area contributed by atoms with E-state index in [2.05, 4.69) is 24.9 Å². The van der Waals surface area contributed by atoms with Crippen molar-refractivity contribution >= 4 is 6.21 Å². The zero-order valence-corrected chi connectivity index (χ0v) is 5.39. The first-order valence-electron chi connectivity index (χ1n) is 2.97. The van der Waals surface area contributed by atoms with E-state index in [-0.39, 0.29) is 0 Å². The molecule has 1 nitrogen and oxygen atoms in total. The smallest absolute Gasteiger partial charge is 0.0449 e. The minimum atomic E-state index is 0.653. The maximum atomic E-state index is 4.15. The Hall–Kier alpha value is -0.590. The Balaban J connectivity index is 2.63. The number of nitrogens with zero attached hydrogens (tertiary/aromatic N) is 1. The van der Waals surface area contributed by atoms with Gasteiger partial charge in [0.25, 0.3) is 0 Å². The summed E-state index contributed by atoms with van der Waals surface area (Å²) < 4.78 is 0. The quantitative estimate of drug-likeness (QED) is 0.448. The van der Waals surface area contributed by atoms with Gasteiger partial charge >= 0.3 is 0 Å². The average Bonchev–Trinajstić information content (AvgIpc) is 1.64. The van der Waals surface area contributed by atoms with Gasteiger partial charge in [-0.05, 0) is 18.4 Å². The molecule has 0 fully saturated rings. The fourth-order valence-electron chi connectivity index (χ4n) is 0.907. The third kappa shape index (κ3) is 1.19. The molecule has 0 saturated carbocycles. The Kier molecular flexibility index (Phi) is 1.47. The van der Waals surface area contributed by atoms with E-state index < -0.39 is 0 Å². The van der Waals surface area contributed by atoms with Crippen molar-refractivity contribution in [2.24, 2.45) is 10.9 Å². The Morgan fingerprint density at radius 2 is 2.50 bits per heavy atom. The van der Waals surface area contributed by atoms with E-state index >= 15 is 0 Å². The molecular weight excluding hydrogens is 98.1 g/mol. The van der Waals surface area contributed by atoms with Crippen molar-refractivity contribution in [3.8, 4) is 0 Å². The molecule has 0 radical (unpaired) electrons. The third-order valence-corrected chi connectivity index (χ3v) is 1.24. The zero-order valence-electron chi connectivity index (χ0n) is 5.39. The van der Waals surface area contributed by atoms with Crippen LogP contribution in [0.15, 0.2) is 16.6 Å². The maximum absolute atomic E-state index is 4.15. The van der Waals surface area contributed by atoms with Crippen molar-refractivity contribution in [3.05, 3.63) is 11.6 Å². The van der Waals surface area contributed by atoms with Crippen LogP contribution in [0.1, 0.15) is 13.8 Å². The summed E-state index contributed by atoms with van der Waals surface area (Å²) in [5, 5.41) is 0. The lowest BCUT2D eigenvalue weighted by Gasteiger charge is -2.06. The minimum absolute atomic E-state index is 0.653. The molecule has 0 aliphatic carbocycles. The highest BCUT2D eigenvalue weighted by atomic mass is 14.7. The SMILES string of the molecule is CC1=CC(C)CN=C1. The van der Waals surface area contributed by atoms with Gasteiger partial charge in [-0.1, -0.05) is 13.0 Å². The highest BCUT2D eigenvalue weighted by molar-refractivity contribution is 5.78. The van der Waals surface area contributed by atoms with E-state index in [4.69, 9.17) is 0 Å². The molecule has 8 heavy (non-hydrogen) atoms. The van der Waals surface area contributed by atoms with Crippen LogP contribution in [0.5, 0.6) is 0 Å². The van der Waals surface area contributed by atoms with Gasteiger partial charge in [0.05, 0.1) is 0 Å². The molecule has 0 saturated heterocycles. The van der Waals surface area contributed by atoms with Crippen LogP contribution >= 0.6 is 0 Å². The van der Waals surface area contributed by atoms with E-state index in [0.29, 0.717) is 5.92 Å². The summed E-state index contributed by atoms with van der Waals surface area (Å²) in [4.78, 5) is 4.15. The second-order valence-corrected chi connectivity index (χ2v) is 2.38. The lowest BCUT2D eigenvalue weighted by Crippen LogP contribution is -2.01. The standard InChI is InChI=1S/C7H11N/c1-6-3-7(2)5-8-4-6/h3-4,7H,5H2,1-2H3. The van der Waals surface area contributed by atoms with Crippen LogP contribution in [0.3, 0.4) is 0 Å². The molecule has 1 atom stereocenters. The van der Waals surface area contributed by atoms with Crippen LogP contribution in [0.4, 0.5) is 0 Å². The molecule has 1 aliphatic rings. The topological polar surface area (TPSA) is 12.4 Å². The number of rotatable bonds is 0. The summed E-state index contributed by atoms with van der Waals surface area (Å²) >= 11 is 0. The summed E-state index contributed by atoms with van der Waals surface area (Å²) in [5.41, 5.74) is 1.30.